The molecule has 6 nitrogen and oxygen atoms in total. The lowest BCUT2D eigenvalue weighted by molar-refractivity contribution is -0.118. The second-order valence-electron chi connectivity index (χ2n) is 9.67. The number of unbranched alkanes of at least 4 members (excludes halogenated alkanes) is 15. The van der Waals surface area contributed by atoms with Crippen molar-refractivity contribution in [1.29, 1.82) is 0 Å². The fourth-order valence-corrected chi connectivity index (χ4v) is 3.97. The van der Waals surface area contributed by atoms with Crippen molar-refractivity contribution >= 4 is 0 Å². The second-order valence-corrected chi connectivity index (χ2v) is 9.67. The Bertz CT molecular complexity index is 367. The van der Waals surface area contributed by atoms with Gasteiger partial charge in [-0.25, -0.2) is 0 Å². The molecule has 0 rings (SSSR count). The van der Waals surface area contributed by atoms with Crippen molar-refractivity contribution in [3.05, 3.63) is 0 Å². The Morgan fingerprint density at radius 1 is 0.594 bits per heavy atom. The predicted molar refractivity (Wildman–Crippen MR) is 131 cm³/mol. The van der Waals surface area contributed by atoms with Crippen LogP contribution in [0.15, 0.2) is 0 Å². The normalized spacial score (nSPS) is 14.1. The number of ether oxygens (including phenoxy) is 1. The molecular formula is C26H54O6. The average molecular weight is 463 g/mol. The topological polar surface area (TPSA) is 110 Å². The monoisotopic (exact) mass is 462 g/mol. The Kier molecular flexibility index (Phi) is 22.4. The van der Waals surface area contributed by atoms with E-state index in [0.29, 0.717) is 6.42 Å². The van der Waals surface area contributed by atoms with Crippen molar-refractivity contribution in [2.75, 3.05) is 33.0 Å². The van der Waals surface area contributed by atoms with Gasteiger partial charge in [-0.05, 0) is 6.42 Å². The van der Waals surface area contributed by atoms with Crippen LogP contribution < -0.4 is 0 Å². The molecule has 2 unspecified atom stereocenters. The number of hydrogen-bond donors (Lipinski definition) is 5. The third kappa shape index (κ3) is 16.4. The molecule has 0 aromatic heterocycles. The second kappa shape index (κ2) is 22.5. The van der Waals surface area contributed by atoms with E-state index >= 15 is 0 Å². The molecule has 0 saturated carbocycles. The minimum Gasteiger partial charge on any atom is -0.396 e. The van der Waals surface area contributed by atoms with Crippen LogP contribution in [-0.2, 0) is 4.74 Å². The van der Waals surface area contributed by atoms with E-state index in [1.807, 2.05) is 0 Å². The van der Waals surface area contributed by atoms with E-state index in [0.717, 1.165) is 19.3 Å². The number of aliphatic hydroxyl groups is 5. The van der Waals surface area contributed by atoms with Crippen LogP contribution in [0.3, 0.4) is 0 Å². The lowest BCUT2D eigenvalue weighted by Crippen LogP contribution is -2.42. The lowest BCUT2D eigenvalue weighted by atomic mass is 9.92. The van der Waals surface area contributed by atoms with Gasteiger partial charge in [-0.15, -0.1) is 0 Å². The Balaban J connectivity index is 3.70. The van der Waals surface area contributed by atoms with Gasteiger partial charge in [0.1, 0.15) is 6.10 Å². The molecule has 0 heterocycles. The molecule has 0 bridgehead atoms. The van der Waals surface area contributed by atoms with Crippen molar-refractivity contribution in [2.45, 2.75) is 128 Å². The van der Waals surface area contributed by atoms with Gasteiger partial charge in [0.2, 0.25) is 0 Å². The molecule has 0 amide bonds. The molecule has 194 valence electrons. The van der Waals surface area contributed by atoms with Crippen molar-refractivity contribution in [1.82, 2.24) is 0 Å². The highest BCUT2D eigenvalue weighted by molar-refractivity contribution is 4.78. The van der Waals surface area contributed by atoms with Crippen LogP contribution >= 0.6 is 0 Å². The van der Waals surface area contributed by atoms with E-state index < -0.39 is 44.1 Å². The molecule has 32 heavy (non-hydrogen) atoms. The van der Waals surface area contributed by atoms with Gasteiger partial charge in [-0.3, -0.25) is 0 Å². The first-order valence-electron chi connectivity index (χ1n) is 13.3. The quantitative estimate of drug-likeness (QED) is 0.129. The predicted octanol–water partition coefficient (Wildman–Crippen LogP) is 4.34. The molecular weight excluding hydrogens is 408 g/mol. The van der Waals surface area contributed by atoms with Crippen molar-refractivity contribution in [3.63, 3.8) is 0 Å². The summed E-state index contributed by atoms with van der Waals surface area (Å²) >= 11 is 0. The third-order valence-electron chi connectivity index (χ3n) is 6.57. The molecule has 2 atom stereocenters. The summed E-state index contributed by atoms with van der Waals surface area (Å²) < 4.78 is 5.67. The summed E-state index contributed by atoms with van der Waals surface area (Å²) in [4.78, 5) is 0. The zero-order chi connectivity index (χ0) is 23.9. The van der Waals surface area contributed by atoms with Crippen molar-refractivity contribution in [2.24, 2.45) is 5.41 Å². The highest BCUT2D eigenvalue weighted by atomic mass is 16.5. The minimum absolute atomic E-state index is 0.0584. The van der Waals surface area contributed by atoms with Crippen molar-refractivity contribution in [3.8, 4) is 0 Å². The first-order chi connectivity index (χ1) is 15.6. The molecule has 6 heteroatoms. The molecule has 0 aliphatic heterocycles. The summed E-state index contributed by atoms with van der Waals surface area (Å²) in [6, 6.07) is 0. The Labute approximate surface area is 197 Å². The van der Waals surface area contributed by atoms with E-state index in [2.05, 4.69) is 6.92 Å². The van der Waals surface area contributed by atoms with Crippen LogP contribution in [0.1, 0.15) is 116 Å². The summed E-state index contributed by atoms with van der Waals surface area (Å²) in [5.41, 5.74) is -1.12. The summed E-state index contributed by atoms with van der Waals surface area (Å²) in [7, 11) is 0. The van der Waals surface area contributed by atoms with Crippen LogP contribution in [0.2, 0.25) is 0 Å². The van der Waals surface area contributed by atoms with Gasteiger partial charge in [0.05, 0.1) is 44.6 Å². The standard InChI is InChI=1S/C26H54O6/c1-2-3-4-5-6-7-8-9-10-11-12-13-14-15-16-17-18-25(24(31)19-27)32-23-26(20-28,21-29)22-30/h24-25,27-31H,2-23H2,1H3. The first-order valence-corrected chi connectivity index (χ1v) is 13.3. The van der Waals surface area contributed by atoms with E-state index in [1.54, 1.807) is 0 Å². The summed E-state index contributed by atoms with van der Waals surface area (Å²) in [6.07, 6.45) is 19.8. The Morgan fingerprint density at radius 3 is 1.31 bits per heavy atom. The Morgan fingerprint density at radius 2 is 0.969 bits per heavy atom. The van der Waals surface area contributed by atoms with E-state index in [1.165, 1.54) is 83.5 Å². The summed E-state index contributed by atoms with van der Waals surface area (Å²) in [5.74, 6) is 0. The SMILES string of the molecule is CCCCCCCCCCCCCCCCCCC(OCC(CO)(CO)CO)C(O)CO. The molecule has 0 aliphatic rings. The van der Waals surface area contributed by atoms with E-state index in [9.17, 15) is 25.5 Å². The molecule has 0 aromatic rings. The molecule has 0 aromatic carbocycles. The highest BCUT2D eigenvalue weighted by Gasteiger charge is 2.31. The van der Waals surface area contributed by atoms with Gasteiger partial charge < -0.3 is 30.3 Å². The first kappa shape index (κ1) is 31.8. The number of hydrogen-bond acceptors (Lipinski definition) is 6. The summed E-state index contributed by atoms with van der Waals surface area (Å²) in [6.45, 7) is 0.605. The fraction of sp³-hybridized carbons (Fsp3) is 1.00. The smallest absolute Gasteiger partial charge is 0.103 e. The maximum absolute atomic E-state index is 10.00. The molecule has 5 N–H and O–H groups in total. The number of rotatable bonds is 25. The molecule has 0 aliphatic carbocycles. The maximum Gasteiger partial charge on any atom is 0.103 e. The minimum atomic E-state index is -1.12. The molecule has 0 saturated heterocycles. The average Bonchev–Trinajstić information content (AvgIpc) is 2.82. The van der Waals surface area contributed by atoms with Crippen LogP contribution in [0.4, 0.5) is 0 Å². The molecule has 0 spiro atoms. The lowest BCUT2D eigenvalue weighted by Gasteiger charge is -2.31. The van der Waals surface area contributed by atoms with Gasteiger partial charge in [0.25, 0.3) is 0 Å². The van der Waals surface area contributed by atoms with Crippen molar-refractivity contribution < 1.29 is 30.3 Å². The van der Waals surface area contributed by atoms with Gasteiger partial charge in [-0.1, -0.05) is 110 Å². The highest BCUT2D eigenvalue weighted by Crippen LogP contribution is 2.20. The zero-order valence-corrected chi connectivity index (χ0v) is 20.9. The third-order valence-corrected chi connectivity index (χ3v) is 6.57. The number of aliphatic hydroxyl groups excluding tert-OH is 5. The van der Waals surface area contributed by atoms with Crippen LogP contribution in [0, 0.1) is 5.41 Å². The molecule has 0 fully saturated rings. The van der Waals surface area contributed by atoms with Gasteiger partial charge in [0, 0.05) is 0 Å². The Hall–Kier alpha value is -0.240. The zero-order valence-electron chi connectivity index (χ0n) is 20.9. The van der Waals surface area contributed by atoms with Gasteiger partial charge in [0.15, 0.2) is 0 Å². The molecule has 0 radical (unpaired) electrons. The van der Waals surface area contributed by atoms with Crippen LogP contribution in [-0.4, -0.2) is 70.8 Å². The van der Waals surface area contributed by atoms with Crippen LogP contribution in [0.25, 0.3) is 0 Å². The fourth-order valence-electron chi connectivity index (χ4n) is 3.97. The largest absolute Gasteiger partial charge is 0.396 e. The van der Waals surface area contributed by atoms with E-state index in [4.69, 9.17) is 4.74 Å². The summed E-state index contributed by atoms with van der Waals surface area (Å²) in [5, 5.41) is 47.5. The maximum atomic E-state index is 10.00. The van der Waals surface area contributed by atoms with Gasteiger partial charge >= 0.3 is 0 Å². The van der Waals surface area contributed by atoms with Gasteiger partial charge in [-0.2, -0.15) is 0 Å². The van der Waals surface area contributed by atoms with E-state index in [-0.39, 0.29) is 6.61 Å². The van der Waals surface area contributed by atoms with Crippen LogP contribution in [0.5, 0.6) is 0 Å².